The van der Waals surface area contributed by atoms with Gasteiger partial charge in [-0.1, -0.05) is 12.2 Å². The molecule has 19 heavy (non-hydrogen) atoms. The minimum absolute atomic E-state index is 0.0602. The van der Waals surface area contributed by atoms with Crippen LogP contribution in [0.4, 0.5) is 10.1 Å². The van der Waals surface area contributed by atoms with Crippen LogP contribution in [0.3, 0.4) is 0 Å². The standard InChI is InChI=1S/C13H10FN3OS/c14-11-4-3-9(6-10(11)12(15)19)17-13(18)8-2-1-5-16-7-8/h1-7H,(H2,15,19)(H,17,18). The van der Waals surface area contributed by atoms with E-state index < -0.39 is 5.82 Å². The van der Waals surface area contributed by atoms with Crippen LogP contribution in [0.1, 0.15) is 15.9 Å². The number of carbonyl (C=O) groups excluding carboxylic acids is 1. The lowest BCUT2D eigenvalue weighted by Crippen LogP contribution is -2.15. The molecule has 0 saturated carbocycles. The molecule has 0 fully saturated rings. The Kier molecular flexibility index (Phi) is 3.82. The minimum atomic E-state index is -0.521. The van der Waals surface area contributed by atoms with Gasteiger partial charge in [0.15, 0.2) is 0 Å². The lowest BCUT2D eigenvalue weighted by atomic mass is 10.1. The molecule has 1 aromatic carbocycles. The molecular formula is C13H10FN3OS. The summed E-state index contributed by atoms with van der Waals surface area (Å²) in [7, 11) is 0. The Balaban J connectivity index is 2.23. The number of nitrogens with two attached hydrogens (primary N) is 1. The average molecular weight is 275 g/mol. The van der Waals surface area contributed by atoms with Gasteiger partial charge in [0.05, 0.1) is 5.56 Å². The van der Waals surface area contributed by atoms with Crippen LogP contribution in [0.25, 0.3) is 0 Å². The molecule has 96 valence electrons. The highest BCUT2D eigenvalue weighted by atomic mass is 32.1. The van der Waals surface area contributed by atoms with Gasteiger partial charge in [-0.15, -0.1) is 0 Å². The van der Waals surface area contributed by atoms with Crippen molar-refractivity contribution in [2.45, 2.75) is 0 Å². The molecule has 0 aliphatic rings. The highest BCUT2D eigenvalue weighted by Gasteiger charge is 2.09. The predicted molar refractivity (Wildman–Crippen MR) is 74.5 cm³/mol. The van der Waals surface area contributed by atoms with Crippen LogP contribution in [0.2, 0.25) is 0 Å². The Morgan fingerprint density at radius 1 is 1.37 bits per heavy atom. The third-order valence-corrected chi connectivity index (χ3v) is 2.63. The number of carbonyl (C=O) groups is 1. The third kappa shape index (κ3) is 3.11. The van der Waals surface area contributed by atoms with Crippen molar-refractivity contribution >= 4 is 28.8 Å². The van der Waals surface area contributed by atoms with Crippen molar-refractivity contribution < 1.29 is 9.18 Å². The average Bonchev–Trinajstić information content (AvgIpc) is 2.41. The summed E-state index contributed by atoms with van der Waals surface area (Å²) < 4.78 is 13.4. The first kappa shape index (κ1) is 13.1. The summed E-state index contributed by atoms with van der Waals surface area (Å²) in [4.78, 5) is 15.7. The number of thiocarbonyl (C=S) groups is 1. The lowest BCUT2D eigenvalue weighted by Gasteiger charge is -2.07. The summed E-state index contributed by atoms with van der Waals surface area (Å²) in [5.41, 5.74) is 6.31. The largest absolute Gasteiger partial charge is 0.389 e. The first-order valence-electron chi connectivity index (χ1n) is 5.38. The van der Waals surface area contributed by atoms with E-state index in [2.05, 4.69) is 10.3 Å². The highest BCUT2D eigenvalue weighted by molar-refractivity contribution is 7.80. The number of hydrogen-bond donors (Lipinski definition) is 2. The molecule has 0 atom stereocenters. The molecule has 0 bridgehead atoms. The molecule has 0 spiro atoms. The van der Waals surface area contributed by atoms with Gasteiger partial charge >= 0.3 is 0 Å². The van der Waals surface area contributed by atoms with Crippen LogP contribution >= 0.6 is 12.2 Å². The van der Waals surface area contributed by atoms with Gasteiger partial charge in [0.2, 0.25) is 0 Å². The number of halogens is 1. The first-order valence-corrected chi connectivity index (χ1v) is 5.79. The number of nitrogens with zero attached hydrogens (tertiary/aromatic N) is 1. The molecule has 0 aliphatic heterocycles. The van der Waals surface area contributed by atoms with Crippen molar-refractivity contribution in [1.29, 1.82) is 0 Å². The summed E-state index contributed by atoms with van der Waals surface area (Å²) >= 11 is 4.73. The van der Waals surface area contributed by atoms with E-state index in [4.69, 9.17) is 18.0 Å². The second kappa shape index (κ2) is 5.53. The Morgan fingerprint density at radius 2 is 2.16 bits per heavy atom. The number of rotatable bonds is 3. The van der Waals surface area contributed by atoms with Gasteiger partial charge < -0.3 is 11.1 Å². The molecule has 4 nitrogen and oxygen atoms in total. The first-order chi connectivity index (χ1) is 9.08. The number of amides is 1. The van der Waals surface area contributed by atoms with Gasteiger partial charge in [-0.3, -0.25) is 9.78 Å². The molecule has 1 aromatic heterocycles. The Labute approximate surface area is 114 Å². The van der Waals surface area contributed by atoms with E-state index in [9.17, 15) is 9.18 Å². The SMILES string of the molecule is NC(=S)c1cc(NC(=O)c2cccnc2)ccc1F. The van der Waals surface area contributed by atoms with Crippen LogP contribution in [0.5, 0.6) is 0 Å². The molecule has 1 amide bonds. The van der Waals surface area contributed by atoms with Crippen molar-refractivity contribution in [1.82, 2.24) is 4.98 Å². The van der Waals surface area contributed by atoms with Crippen molar-refractivity contribution in [3.8, 4) is 0 Å². The maximum atomic E-state index is 13.4. The molecule has 6 heteroatoms. The molecular weight excluding hydrogens is 265 g/mol. The van der Waals surface area contributed by atoms with Gasteiger partial charge in [-0.05, 0) is 30.3 Å². The number of pyridine rings is 1. The summed E-state index contributed by atoms with van der Waals surface area (Å²) in [6, 6.07) is 7.31. The van der Waals surface area contributed by atoms with E-state index in [0.717, 1.165) is 0 Å². The number of aromatic nitrogens is 1. The highest BCUT2D eigenvalue weighted by Crippen LogP contribution is 2.15. The molecule has 1 heterocycles. The molecule has 2 rings (SSSR count). The molecule has 0 saturated heterocycles. The van der Waals surface area contributed by atoms with E-state index in [-0.39, 0.29) is 16.5 Å². The third-order valence-electron chi connectivity index (χ3n) is 2.41. The van der Waals surface area contributed by atoms with Gasteiger partial charge in [0.25, 0.3) is 5.91 Å². The number of nitrogens with one attached hydrogen (secondary N) is 1. The summed E-state index contributed by atoms with van der Waals surface area (Å²) in [6.45, 7) is 0. The second-order valence-corrected chi connectivity index (χ2v) is 4.19. The summed E-state index contributed by atoms with van der Waals surface area (Å²) in [5.74, 6) is -0.861. The van der Waals surface area contributed by atoms with Gasteiger partial charge in [-0.25, -0.2) is 4.39 Å². The monoisotopic (exact) mass is 275 g/mol. The zero-order valence-electron chi connectivity index (χ0n) is 9.76. The molecule has 0 unspecified atom stereocenters. The van der Waals surface area contributed by atoms with Crippen LogP contribution in [0, 0.1) is 5.82 Å². The van der Waals surface area contributed by atoms with Crippen molar-refractivity contribution in [2.75, 3.05) is 5.32 Å². The van der Waals surface area contributed by atoms with Gasteiger partial charge in [0, 0.05) is 23.6 Å². The number of hydrogen-bond acceptors (Lipinski definition) is 3. The Hall–Kier alpha value is -2.34. The fourth-order valence-electron chi connectivity index (χ4n) is 1.49. The number of benzene rings is 1. The van der Waals surface area contributed by atoms with Gasteiger partial charge in [0.1, 0.15) is 10.8 Å². The molecule has 0 aliphatic carbocycles. The molecule has 0 radical (unpaired) electrons. The van der Waals surface area contributed by atoms with E-state index in [1.165, 1.54) is 24.4 Å². The smallest absolute Gasteiger partial charge is 0.257 e. The summed E-state index contributed by atoms with van der Waals surface area (Å²) in [6.07, 6.45) is 3.01. The second-order valence-electron chi connectivity index (χ2n) is 3.75. The van der Waals surface area contributed by atoms with Crippen molar-refractivity contribution in [2.24, 2.45) is 5.73 Å². The van der Waals surface area contributed by atoms with Crippen LogP contribution in [-0.2, 0) is 0 Å². The zero-order chi connectivity index (χ0) is 13.8. The lowest BCUT2D eigenvalue weighted by molar-refractivity contribution is 0.102. The van der Waals surface area contributed by atoms with Gasteiger partial charge in [-0.2, -0.15) is 0 Å². The van der Waals surface area contributed by atoms with Crippen LogP contribution in [0.15, 0.2) is 42.7 Å². The zero-order valence-corrected chi connectivity index (χ0v) is 10.6. The van der Waals surface area contributed by atoms with Crippen LogP contribution in [-0.4, -0.2) is 15.9 Å². The molecule has 3 N–H and O–H groups in total. The Bertz CT molecular complexity index is 631. The predicted octanol–water partition coefficient (Wildman–Crippen LogP) is 2.11. The van der Waals surface area contributed by atoms with Crippen molar-refractivity contribution in [3.05, 3.63) is 59.7 Å². The topological polar surface area (TPSA) is 68.0 Å². The maximum Gasteiger partial charge on any atom is 0.257 e. The minimum Gasteiger partial charge on any atom is -0.389 e. The van der Waals surface area contributed by atoms with E-state index in [0.29, 0.717) is 11.3 Å². The molecule has 2 aromatic rings. The quantitative estimate of drug-likeness (QED) is 0.842. The Morgan fingerprint density at radius 3 is 2.79 bits per heavy atom. The summed E-state index contributed by atoms with van der Waals surface area (Å²) in [5, 5.41) is 2.62. The van der Waals surface area contributed by atoms with Crippen LogP contribution < -0.4 is 11.1 Å². The van der Waals surface area contributed by atoms with E-state index in [1.54, 1.807) is 18.3 Å². The fraction of sp³-hybridized carbons (Fsp3) is 0. The normalized spacial score (nSPS) is 9.95. The van der Waals surface area contributed by atoms with E-state index >= 15 is 0 Å². The maximum absolute atomic E-state index is 13.4. The van der Waals surface area contributed by atoms with Crippen molar-refractivity contribution in [3.63, 3.8) is 0 Å². The van der Waals surface area contributed by atoms with E-state index in [1.807, 2.05) is 0 Å². The number of anilines is 1. The fourth-order valence-corrected chi connectivity index (χ4v) is 1.65.